The zero-order chi connectivity index (χ0) is 38.9. The molecule has 0 bridgehead atoms. The summed E-state index contributed by atoms with van der Waals surface area (Å²) >= 11 is 0. The van der Waals surface area contributed by atoms with Gasteiger partial charge >= 0.3 is 12.1 Å². The molecule has 5 fully saturated rings. The Hall–Kier alpha value is -5.78. The number of likely N-dealkylation sites (N-methyl/N-ethyl adjacent to an activating group) is 1. The number of aromatic nitrogens is 3. The van der Waals surface area contributed by atoms with E-state index in [4.69, 9.17) is 5.73 Å². The highest BCUT2D eigenvalue weighted by Crippen LogP contribution is 2.30. The molecule has 0 spiro atoms. The second-order valence-corrected chi connectivity index (χ2v) is 15.3. The molecule has 8 rings (SSSR count). The van der Waals surface area contributed by atoms with Gasteiger partial charge in [-0.1, -0.05) is 0 Å². The number of anilines is 6. The number of hydrogen-bond acceptors (Lipinski definition) is 12. The third-order valence-electron chi connectivity index (χ3n) is 11.6. The van der Waals surface area contributed by atoms with Crippen molar-refractivity contribution in [3.63, 3.8) is 0 Å². The number of benzene rings is 2. The molecule has 296 valence electrons. The third kappa shape index (κ3) is 7.82. The van der Waals surface area contributed by atoms with Crippen LogP contribution in [0.1, 0.15) is 36.2 Å². The Labute approximate surface area is 324 Å². The molecule has 4 N–H and O–H groups in total. The summed E-state index contributed by atoms with van der Waals surface area (Å²) < 4.78 is 15.7. The molecule has 18 heteroatoms. The molecule has 5 aliphatic heterocycles. The first kappa shape index (κ1) is 37.2. The van der Waals surface area contributed by atoms with Crippen LogP contribution in [0.15, 0.2) is 42.5 Å². The fourth-order valence-electron chi connectivity index (χ4n) is 8.49. The molecule has 1 aromatic heterocycles. The average molecular weight is 770 g/mol. The van der Waals surface area contributed by atoms with Crippen LogP contribution in [0.5, 0.6) is 0 Å². The summed E-state index contributed by atoms with van der Waals surface area (Å²) in [5.41, 5.74) is 8.27. The van der Waals surface area contributed by atoms with E-state index in [0.29, 0.717) is 75.5 Å². The molecule has 2 aromatic carbocycles. The van der Waals surface area contributed by atoms with Crippen molar-refractivity contribution < 1.29 is 23.6 Å². The van der Waals surface area contributed by atoms with E-state index >= 15 is 4.39 Å². The summed E-state index contributed by atoms with van der Waals surface area (Å²) in [5, 5.41) is 13.7. The first-order chi connectivity index (χ1) is 27.1. The number of imide groups is 1. The molecule has 5 aliphatic rings. The number of piperidine rings is 1. The molecular weight excluding hydrogens is 722 g/mol. The van der Waals surface area contributed by atoms with Crippen LogP contribution in [0.3, 0.4) is 0 Å². The van der Waals surface area contributed by atoms with Gasteiger partial charge in [0.25, 0.3) is 5.91 Å². The van der Waals surface area contributed by atoms with Gasteiger partial charge in [-0.2, -0.15) is 4.98 Å². The number of halogens is 1. The lowest BCUT2D eigenvalue weighted by Crippen LogP contribution is -2.49. The molecule has 0 radical (unpaired) electrons. The van der Waals surface area contributed by atoms with Crippen LogP contribution >= 0.6 is 0 Å². The average Bonchev–Trinajstić information content (AvgIpc) is 3.80. The molecule has 6 amide bonds. The van der Waals surface area contributed by atoms with Crippen molar-refractivity contribution >= 4 is 58.4 Å². The Morgan fingerprint density at radius 2 is 1.66 bits per heavy atom. The summed E-state index contributed by atoms with van der Waals surface area (Å²) in [5.74, 6) is -0.530. The van der Waals surface area contributed by atoms with E-state index in [2.05, 4.69) is 40.5 Å². The predicted octanol–water partition coefficient (Wildman–Crippen LogP) is 2.28. The van der Waals surface area contributed by atoms with Crippen molar-refractivity contribution in [2.24, 2.45) is 11.7 Å². The highest BCUT2D eigenvalue weighted by Gasteiger charge is 2.35. The van der Waals surface area contributed by atoms with Gasteiger partial charge in [-0.3, -0.25) is 24.7 Å². The summed E-state index contributed by atoms with van der Waals surface area (Å²) in [6.45, 7) is 8.85. The van der Waals surface area contributed by atoms with Gasteiger partial charge in [0.05, 0.1) is 11.7 Å². The van der Waals surface area contributed by atoms with Gasteiger partial charge in [-0.05, 0) is 67.6 Å². The van der Waals surface area contributed by atoms with Crippen molar-refractivity contribution in [2.45, 2.75) is 31.7 Å². The number of nitrogens with zero attached hydrogens (tertiary/aromatic N) is 10. The smallest absolute Gasteiger partial charge is 0.328 e. The standard InChI is InChI=1S/C38H48FN13O4/c1-46-15-20-52(38(46)56)29-3-2-12-50(24-29)36-43-35(33(34(40)54)44-45-36)41-26-4-9-31(30(39)21-26)48-18-16-47(17-19-48)22-25-10-13-49(23-25)27-5-7-28(8-6-27)51-14-11-32(53)42-37(51)55/h4-9,21,25,29H,2-3,10-20,22-24H2,1H3,(H2,40,54)(H,41,43,45)(H,42,53,55)/t25?,29-/m1/s1. The summed E-state index contributed by atoms with van der Waals surface area (Å²) in [7, 11) is 1.80. The van der Waals surface area contributed by atoms with Gasteiger partial charge in [-0.15, -0.1) is 10.2 Å². The topological polar surface area (TPSA) is 180 Å². The summed E-state index contributed by atoms with van der Waals surface area (Å²) in [6.07, 6.45) is 3.09. The second kappa shape index (κ2) is 15.8. The van der Waals surface area contributed by atoms with Crippen molar-refractivity contribution in [1.29, 1.82) is 0 Å². The number of carbonyl (C=O) groups excluding carboxylic acids is 4. The number of hydrogen-bond donors (Lipinski definition) is 3. The van der Waals surface area contributed by atoms with Crippen LogP contribution in [0, 0.1) is 11.7 Å². The van der Waals surface area contributed by atoms with Crippen LogP contribution < -0.4 is 36.0 Å². The van der Waals surface area contributed by atoms with Gasteiger partial charge in [0.2, 0.25) is 11.9 Å². The largest absolute Gasteiger partial charge is 0.371 e. The number of carbonyl (C=O) groups is 4. The minimum Gasteiger partial charge on any atom is -0.371 e. The highest BCUT2D eigenvalue weighted by molar-refractivity contribution is 6.05. The maximum atomic E-state index is 15.7. The van der Waals surface area contributed by atoms with E-state index < -0.39 is 11.7 Å². The van der Waals surface area contributed by atoms with Crippen LogP contribution in [-0.4, -0.2) is 145 Å². The molecule has 2 atom stereocenters. The fourth-order valence-corrected chi connectivity index (χ4v) is 8.49. The van der Waals surface area contributed by atoms with Crippen molar-refractivity contribution in [3.8, 4) is 0 Å². The molecule has 1 unspecified atom stereocenters. The van der Waals surface area contributed by atoms with Crippen LogP contribution in [-0.2, 0) is 4.79 Å². The monoisotopic (exact) mass is 769 g/mol. The van der Waals surface area contributed by atoms with Gasteiger partial charge in [-0.25, -0.2) is 14.0 Å². The first-order valence-electron chi connectivity index (χ1n) is 19.4. The van der Waals surface area contributed by atoms with Crippen molar-refractivity contribution in [3.05, 3.63) is 54.0 Å². The number of urea groups is 2. The van der Waals surface area contributed by atoms with Gasteiger partial charge in [0.1, 0.15) is 5.82 Å². The number of rotatable bonds is 10. The zero-order valence-corrected chi connectivity index (χ0v) is 31.6. The molecule has 3 aromatic rings. The second-order valence-electron chi connectivity index (χ2n) is 15.3. The minimum atomic E-state index is -0.805. The van der Waals surface area contributed by atoms with Gasteiger partial charge < -0.3 is 35.6 Å². The molecule has 0 aliphatic carbocycles. The van der Waals surface area contributed by atoms with Gasteiger partial charge in [0, 0.05) is 109 Å². The lowest BCUT2D eigenvalue weighted by molar-refractivity contribution is -0.120. The van der Waals surface area contributed by atoms with Crippen LogP contribution in [0.4, 0.5) is 48.5 Å². The van der Waals surface area contributed by atoms with Crippen molar-refractivity contribution in [1.82, 2.24) is 35.2 Å². The van der Waals surface area contributed by atoms with Crippen molar-refractivity contribution in [2.75, 3.05) is 111 Å². The predicted molar refractivity (Wildman–Crippen MR) is 209 cm³/mol. The number of nitrogens with two attached hydrogens (primary N) is 1. The molecule has 17 nitrogen and oxygen atoms in total. The Morgan fingerprint density at radius 3 is 2.38 bits per heavy atom. The lowest BCUT2D eigenvalue weighted by atomic mass is 10.0. The van der Waals surface area contributed by atoms with Crippen LogP contribution in [0.2, 0.25) is 0 Å². The maximum absolute atomic E-state index is 15.7. The van der Waals surface area contributed by atoms with E-state index in [-0.39, 0.29) is 35.5 Å². The minimum absolute atomic E-state index is 0.0114. The number of primary amides is 1. The molecule has 5 saturated heterocycles. The summed E-state index contributed by atoms with van der Waals surface area (Å²) in [4.78, 5) is 67.3. The Bertz CT molecular complexity index is 1980. The molecular formula is C38H48FN13O4. The molecule has 0 saturated carbocycles. The molecule has 56 heavy (non-hydrogen) atoms. The quantitative estimate of drug-likeness (QED) is 0.275. The zero-order valence-electron chi connectivity index (χ0n) is 31.6. The lowest BCUT2D eigenvalue weighted by Gasteiger charge is -2.37. The Kier molecular flexibility index (Phi) is 10.5. The first-order valence-corrected chi connectivity index (χ1v) is 19.4. The van der Waals surface area contributed by atoms with E-state index in [1.54, 1.807) is 29.0 Å². The fraction of sp³-hybridized carbons (Fsp3) is 0.500. The third-order valence-corrected chi connectivity index (χ3v) is 11.6. The maximum Gasteiger partial charge on any atom is 0.328 e. The Balaban J connectivity index is 0.842. The Morgan fingerprint density at radius 1 is 0.875 bits per heavy atom. The SMILES string of the molecule is CN1CCN([C@@H]2CCCN(c3nnc(C(N)=O)c(Nc4ccc(N5CCN(CC6CCN(c7ccc(N8CCC(=O)NC8=O)cc7)C6)CC5)c(F)c4)n3)C2)C1=O. The molecule has 6 heterocycles. The number of nitrogens with one attached hydrogen (secondary N) is 2. The normalized spacial score (nSPS) is 22.3. The number of amides is 6. The van der Waals surface area contributed by atoms with E-state index in [1.165, 1.54) is 6.07 Å². The number of piperazine rings is 1. The van der Waals surface area contributed by atoms with Crippen LogP contribution in [0.25, 0.3) is 0 Å². The van der Waals surface area contributed by atoms with E-state index in [9.17, 15) is 19.2 Å². The van der Waals surface area contributed by atoms with Gasteiger partial charge in [0.15, 0.2) is 11.5 Å². The highest BCUT2D eigenvalue weighted by atomic mass is 19.1. The van der Waals surface area contributed by atoms with E-state index in [1.807, 2.05) is 34.1 Å². The summed E-state index contributed by atoms with van der Waals surface area (Å²) in [6, 6.07) is 12.5. The van der Waals surface area contributed by atoms with E-state index in [0.717, 1.165) is 63.4 Å².